The number of benzene rings is 4. The molecule has 9 rings (SSSR count). The van der Waals surface area contributed by atoms with Gasteiger partial charge in [0.15, 0.2) is 34.5 Å². The van der Waals surface area contributed by atoms with Gasteiger partial charge in [0.25, 0.3) is 0 Å². The molecule has 7 aromatic rings. The van der Waals surface area contributed by atoms with Gasteiger partial charge >= 0.3 is 16.5 Å². The van der Waals surface area contributed by atoms with Crippen LogP contribution in [0.4, 0.5) is 0 Å². The number of nitrogens with zero attached hydrogens (tertiary/aromatic N) is 8. The van der Waals surface area contributed by atoms with Crippen LogP contribution in [-0.2, 0) is 16.5 Å². The Morgan fingerprint density at radius 1 is 0.223 bits per heavy atom. The molecular weight excluding hydrogens is 1540 g/mol. The van der Waals surface area contributed by atoms with E-state index in [1.165, 1.54) is 308 Å². The zero-order chi connectivity index (χ0) is 83.9. The summed E-state index contributed by atoms with van der Waals surface area (Å²) >= 11 is 0. The van der Waals surface area contributed by atoms with E-state index in [0.29, 0.717) is 126 Å². The molecule has 2 aliphatic rings. The van der Waals surface area contributed by atoms with Gasteiger partial charge in [0.1, 0.15) is 0 Å². The predicted octanol–water partition coefficient (Wildman–Crippen LogP) is 31.9. The Balaban J connectivity index is 0.0000182. The molecule has 0 fully saturated rings. The van der Waals surface area contributed by atoms with Gasteiger partial charge in [-0.1, -0.05) is 400 Å². The molecule has 0 spiro atoms. The van der Waals surface area contributed by atoms with Crippen molar-refractivity contribution in [1.82, 2.24) is 39.9 Å². The van der Waals surface area contributed by atoms with E-state index in [4.69, 9.17) is 74.7 Å². The molecule has 121 heavy (non-hydrogen) atoms. The Kier molecular flexibility index (Phi) is 50.5. The molecule has 8 bridgehead atoms. The minimum Gasteiger partial charge on any atom is -0.490 e. The van der Waals surface area contributed by atoms with Crippen molar-refractivity contribution in [3.8, 4) is 92.4 Å². The standard InChI is InChI=1S/C106H160N8O6.Ni/c1-8-15-21-27-33-39-45-51-57-63-71-115-93-78-87-88(79-94(93)116-72-64-58-52-46-40-34-28-22-16-9-2)103-110-101(87)108-99-85-70-69-84(14-7)77-86(85)100(107-99)109-102-89-80-95(117-73-65-59-53-47-41-35-29-23-17-10-3)96(118-74-66-60-54-48-42-36-30-24-18-11-4)81-90(89)104(111-102)113-106-92-83-98(120-76-68-62-56-50-44-38-32-26-20-13-6)97(82-91(92)105(112-103)114-106)119-75-67-61-55-49-43-37-31-25-19-12-5;/h7,69-70,77-83H,8-13,15-68,71-76H2,1-6H3;/q-2;+2. The molecule has 0 amide bonds. The first-order valence-electron chi connectivity index (χ1n) is 50.0. The number of unbranched alkanes of at least 4 members (excludes halogenated alkanes) is 54. The van der Waals surface area contributed by atoms with Gasteiger partial charge in [-0.25, -0.2) is 9.97 Å². The number of ether oxygens (including phenoxy) is 6. The van der Waals surface area contributed by atoms with E-state index in [9.17, 15) is 0 Å². The number of terminal acetylenes is 1. The van der Waals surface area contributed by atoms with E-state index in [1.54, 1.807) is 0 Å². The smallest absolute Gasteiger partial charge is 0.490 e. The fraction of sp³-hybridized carbons (Fsp3) is 0.679. The third-order valence-corrected chi connectivity index (χ3v) is 24.6. The minimum absolute atomic E-state index is 0. The fourth-order valence-corrected chi connectivity index (χ4v) is 17.1. The number of fused-ring (bicyclic) bond motifs is 20. The number of hydrogen-bond donors (Lipinski definition) is 0. The van der Waals surface area contributed by atoms with Gasteiger partial charge < -0.3 is 58.3 Å². The monoisotopic (exact) mass is 1700 g/mol. The van der Waals surface area contributed by atoms with E-state index in [2.05, 4.69) is 83.9 Å². The molecule has 5 heterocycles. The third kappa shape index (κ3) is 35.6. The molecule has 14 nitrogen and oxygen atoms in total. The first-order valence-corrected chi connectivity index (χ1v) is 50.0. The maximum Gasteiger partial charge on any atom is 2.00 e. The summed E-state index contributed by atoms with van der Waals surface area (Å²) in [6.07, 6.45) is 80.5. The molecule has 0 radical (unpaired) electrons. The second kappa shape index (κ2) is 61.4. The predicted molar refractivity (Wildman–Crippen MR) is 506 cm³/mol. The van der Waals surface area contributed by atoms with Gasteiger partial charge in [-0.05, 0) is 109 Å². The topological polar surface area (TPSA) is 161 Å². The summed E-state index contributed by atoms with van der Waals surface area (Å²) in [6.45, 7) is 17.1. The van der Waals surface area contributed by atoms with Crippen LogP contribution in [0.3, 0.4) is 0 Å². The van der Waals surface area contributed by atoms with Gasteiger partial charge in [-0.15, -0.1) is 6.42 Å². The summed E-state index contributed by atoms with van der Waals surface area (Å²) < 4.78 is 41.7. The average molecular weight is 1700 g/mol. The Labute approximate surface area is 743 Å². The van der Waals surface area contributed by atoms with Gasteiger partial charge in [0.05, 0.1) is 62.9 Å². The van der Waals surface area contributed by atoms with E-state index < -0.39 is 0 Å². The second-order valence-electron chi connectivity index (χ2n) is 35.1. The molecule has 15 heteroatoms. The Morgan fingerprint density at radius 3 is 0.612 bits per heavy atom. The SMILES string of the molecule is C#Cc1ccc2c3nc4nc(nc5[n-]c(nc6nc(nc([n-]3)c2c1)-c1cc(OCCCCCCCCCCCC)c(OCCCCCCCCCCCC)cc1-6)c1cc(OCCCCCCCCCCCC)c(OCCCCCCCCCCCC)cc51)-c1cc(OCCCCCCCCCCCC)c(OCCCCCCCCCCCC)cc1-4.[Ni+2]. The molecule has 0 atom stereocenters. The molecule has 0 saturated heterocycles. The average Bonchev–Trinajstić information content (AvgIpc) is 1.58. The van der Waals surface area contributed by atoms with Gasteiger partial charge in [-0.2, -0.15) is 0 Å². The summed E-state index contributed by atoms with van der Waals surface area (Å²) in [5.74, 6) is 8.61. The van der Waals surface area contributed by atoms with E-state index in [0.717, 1.165) is 121 Å². The summed E-state index contributed by atoms with van der Waals surface area (Å²) in [6, 6.07) is 18.4. The molecule has 670 valence electrons. The normalized spacial score (nSPS) is 11.7. The summed E-state index contributed by atoms with van der Waals surface area (Å²) in [7, 11) is 0. The van der Waals surface area contributed by atoms with Crippen molar-refractivity contribution in [2.45, 2.75) is 427 Å². The van der Waals surface area contributed by atoms with Crippen molar-refractivity contribution in [3.63, 3.8) is 0 Å². The van der Waals surface area contributed by atoms with E-state index in [1.807, 2.05) is 18.2 Å². The molecule has 0 aliphatic carbocycles. The summed E-state index contributed by atoms with van der Waals surface area (Å²) in [4.78, 5) is 44.1. The molecular formula is C106H160N8NiO6. The number of aromatic nitrogens is 8. The quantitative estimate of drug-likeness (QED) is 0.0201. The summed E-state index contributed by atoms with van der Waals surface area (Å²) in [5, 5.41) is 3.02. The van der Waals surface area contributed by atoms with Crippen molar-refractivity contribution in [1.29, 1.82) is 0 Å². The second-order valence-corrected chi connectivity index (χ2v) is 35.1. The zero-order valence-corrected chi connectivity index (χ0v) is 77.8. The van der Waals surface area contributed by atoms with Crippen LogP contribution in [0.5, 0.6) is 34.5 Å². The van der Waals surface area contributed by atoms with E-state index in [-0.39, 0.29) is 16.5 Å². The third-order valence-electron chi connectivity index (χ3n) is 24.6. The first kappa shape index (κ1) is 99.5. The van der Waals surface area contributed by atoms with Crippen LogP contribution in [0.2, 0.25) is 0 Å². The number of rotatable bonds is 72. The van der Waals surface area contributed by atoms with Crippen LogP contribution in [0.15, 0.2) is 54.6 Å². The Hall–Kier alpha value is -6.91. The van der Waals surface area contributed by atoms with Crippen LogP contribution in [0.25, 0.3) is 89.7 Å². The molecule has 4 aromatic carbocycles. The number of hydrogen-bond acceptors (Lipinski definition) is 12. The maximum atomic E-state index is 6.98. The fourth-order valence-electron chi connectivity index (χ4n) is 17.1. The van der Waals surface area contributed by atoms with Crippen molar-refractivity contribution in [3.05, 3.63) is 60.2 Å². The Morgan fingerprint density at radius 2 is 0.405 bits per heavy atom. The van der Waals surface area contributed by atoms with Crippen LogP contribution < -0.4 is 38.4 Å². The molecule has 2 aliphatic heterocycles. The van der Waals surface area contributed by atoms with Crippen molar-refractivity contribution >= 4 is 44.1 Å². The van der Waals surface area contributed by atoms with Gasteiger partial charge in [0, 0.05) is 50.4 Å². The van der Waals surface area contributed by atoms with Gasteiger partial charge in [-0.3, -0.25) is 0 Å². The molecule has 0 unspecified atom stereocenters. The van der Waals surface area contributed by atoms with Gasteiger partial charge in [0.2, 0.25) is 0 Å². The zero-order valence-electron chi connectivity index (χ0n) is 76.8. The molecule has 0 saturated carbocycles. The van der Waals surface area contributed by atoms with Crippen molar-refractivity contribution in [2.75, 3.05) is 39.6 Å². The maximum absolute atomic E-state index is 6.98. The van der Waals surface area contributed by atoms with Crippen LogP contribution >= 0.6 is 0 Å². The van der Waals surface area contributed by atoms with Crippen LogP contribution in [0, 0.1) is 12.3 Å². The molecule has 0 N–H and O–H groups in total. The van der Waals surface area contributed by atoms with Crippen LogP contribution in [-0.4, -0.2) is 69.5 Å². The Bertz CT molecular complexity index is 4200. The largest absolute Gasteiger partial charge is 2.00 e. The summed E-state index contributed by atoms with van der Waals surface area (Å²) in [5.41, 5.74) is 5.44. The van der Waals surface area contributed by atoms with Crippen molar-refractivity contribution in [2.24, 2.45) is 0 Å². The first-order chi connectivity index (χ1) is 59.4. The minimum atomic E-state index is 0. The van der Waals surface area contributed by atoms with Crippen LogP contribution in [0.1, 0.15) is 432 Å². The molecule has 3 aromatic heterocycles. The van der Waals surface area contributed by atoms with E-state index >= 15 is 0 Å². The van der Waals surface area contributed by atoms with Crippen molar-refractivity contribution < 1.29 is 44.9 Å².